The molecule has 0 saturated heterocycles. The Labute approximate surface area is 127 Å². The molecule has 1 N–H and O–H groups in total. The smallest absolute Gasteiger partial charge is 0.313 e. The third kappa shape index (κ3) is 2.63. The van der Waals surface area contributed by atoms with E-state index in [9.17, 15) is 4.79 Å². The van der Waals surface area contributed by atoms with Crippen LogP contribution in [0.25, 0.3) is 0 Å². The van der Waals surface area contributed by atoms with Gasteiger partial charge in [-0.05, 0) is 12.5 Å². The zero-order chi connectivity index (χ0) is 14.8. The molecular formula is C15H16N2O3S. The van der Waals surface area contributed by atoms with Gasteiger partial charge >= 0.3 is 5.97 Å². The first-order valence-corrected chi connectivity index (χ1v) is 7.81. The number of imidazole rings is 1. The number of benzene rings is 1. The van der Waals surface area contributed by atoms with Crippen molar-refractivity contribution < 1.29 is 14.6 Å². The molecule has 1 unspecified atom stereocenters. The first kappa shape index (κ1) is 14.0. The first-order valence-electron chi connectivity index (χ1n) is 6.83. The van der Waals surface area contributed by atoms with E-state index >= 15 is 0 Å². The molecule has 1 atom stereocenters. The Hall–Kier alpha value is -1.95. The highest BCUT2D eigenvalue weighted by Crippen LogP contribution is 2.37. The normalized spacial score (nSPS) is 16.5. The monoisotopic (exact) mass is 304 g/mol. The van der Waals surface area contributed by atoms with Crippen molar-refractivity contribution >= 4 is 17.7 Å². The van der Waals surface area contributed by atoms with E-state index in [1.807, 2.05) is 24.4 Å². The summed E-state index contributed by atoms with van der Waals surface area (Å²) < 4.78 is 7.85. The van der Waals surface area contributed by atoms with Crippen LogP contribution in [0.5, 0.6) is 5.75 Å². The Balaban J connectivity index is 1.98. The average molecular weight is 304 g/mol. The topological polar surface area (TPSA) is 64.3 Å². The van der Waals surface area contributed by atoms with Crippen LogP contribution in [-0.4, -0.2) is 33.0 Å². The molecule has 1 aromatic heterocycles. The third-order valence-electron chi connectivity index (χ3n) is 3.51. The van der Waals surface area contributed by atoms with Crippen molar-refractivity contribution in [2.24, 2.45) is 0 Å². The van der Waals surface area contributed by atoms with Crippen LogP contribution < -0.4 is 4.74 Å². The number of rotatable bonds is 5. The zero-order valence-corrected chi connectivity index (χ0v) is 12.5. The maximum Gasteiger partial charge on any atom is 0.313 e. The summed E-state index contributed by atoms with van der Waals surface area (Å²) in [7, 11) is 0. The van der Waals surface area contributed by atoms with Gasteiger partial charge in [-0.2, -0.15) is 0 Å². The van der Waals surface area contributed by atoms with Crippen LogP contribution in [0, 0.1) is 0 Å². The van der Waals surface area contributed by atoms with Crippen molar-refractivity contribution in [1.29, 1.82) is 0 Å². The predicted octanol–water partition coefficient (Wildman–Crippen LogP) is 2.60. The van der Waals surface area contributed by atoms with Gasteiger partial charge in [-0.15, -0.1) is 0 Å². The van der Waals surface area contributed by atoms with Gasteiger partial charge in [0.25, 0.3) is 0 Å². The highest BCUT2D eigenvalue weighted by atomic mass is 32.2. The number of aliphatic carboxylic acids is 1. The molecule has 1 aliphatic heterocycles. The number of fused-ring (bicyclic) bond motifs is 1. The summed E-state index contributed by atoms with van der Waals surface area (Å²) in [5.74, 6) is 0.0678. The lowest BCUT2D eigenvalue weighted by Crippen LogP contribution is -2.16. The fourth-order valence-corrected chi connectivity index (χ4v) is 3.33. The number of hydrogen-bond donors (Lipinski definition) is 1. The van der Waals surface area contributed by atoms with Gasteiger partial charge in [0.2, 0.25) is 0 Å². The Morgan fingerprint density at radius 1 is 1.52 bits per heavy atom. The summed E-state index contributed by atoms with van der Waals surface area (Å²) in [6.45, 7) is 2.63. The second-order valence-corrected chi connectivity index (χ2v) is 5.75. The van der Waals surface area contributed by atoms with E-state index in [0.29, 0.717) is 6.61 Å². The minimum absolute atomic E-state index is 0.00932. The lowest BCUT2D eigenvalue weighted by atomic mass is 10.1. The largest absolute Gasteiger partial charge is 0.491 e. The highest BCUT2D eigenvalue weighted by molar-refractivity contribution is 7.99. The summed E-state index contributed by atoms with van der Waals surface area (Å²) >= 11 is 1.25. The van der Waals surface area contributed by atoms with Crippen molar-refractivity contribution in [3.63, 3.8) is 0 Å². The molecule has 6 heteroatoms. The molecule has 0 aliphatic carbocycles. The molecule has 110 valence electrons. The summed E-state index contributed by atoms with van der Waals surface area (Å²) in [6.07, 6.45) is 2.67. The van der Waals surface area contributed by atoms with Crippen LogP contribution in [0.15, 0.2) is 35.6 Å². The van der Waals surface area contributed by atoms with Crippen LogP contribution in [-0.2, 0) is 11.2 Å². The Bertz CT molecular complexity index is 669. The molecule has 2 aromatic rings. The van der Waals surface area contributed by atoms with Gasteiger partial charge in [0.15, 0.2) is 5.16 Å². The van der Waals surface area contributed by atoms with E-state index in [4.69, 9.17) is 9.84 Å². The number of para-hydroxylation sites is 1. The maximum atomic E-state index is 10.8. The molecular weight excluding hydrogens is 288 g/mol. The summed E-state index contributed by atoms with van der Waals surface area (Å²) in [4.78, 5) is 15.2. The maximum absolute atomic E-state index is 10.8. The predicted molar refractivity (Wildman–Crippen MR) is 80.0 cm³/mol. The SMILES string of the molecule is CCc1cnc(SCC(=O)O)n1C1COc2ccccc21. The molecule has 1 aliphatic rings. The molecule has 0 saturated carbocycles. The van der Waals surface area contributed by atoms with Gasteiger partial charge in [-0.25, -0.2) is 4.98 Å². The number of aromatic nitrogens is 2. The Morgan fingerprint density at radius 3 is 3.10 bits per heavy atom. The molecule has 0 fully saturated rings. The van der Waals surface area contributed by atoms with E-state index in [0.717, 1.165) is 28.6 Å². The van der Waals surface area contributed by atoms with Crippen molar-refractivity contribution in [3.05, 3.63) is 41.7 Å². The van der Waals surface area contributed by atoms with Gasteiger partial charge in [-0.1, -0.05) is 36.9 Å². The second kappa shape index (κ2) is 5.81. The molecule has 0 spiro atoms. The number of carboxylic acid groups (broad SMARTS) is 1. The van der Waals surface area contributed by atoms with E-state index in [-0.39, 0.29) is 11.8 Å². The Morgan fingerprint density at radius 2 is 2.33 bits per heavy atom. The number of carboxylic acids is 1. The quantitative estimate of drug-likeness (QED) is 0.860. The van der Waals surface area contributed by atoms with Crippen LogP contribution >= 0.6 is 11.8 Å². The van der Waals surface area contributed by atoms with Crippen LogP contribution in [0.1, 0.15) is 24.2 Å². The Kier molecular flexibility index (Phi) is 3.88. The summed E-state index contributed by atoms with van der Waals surface area (Å²) in [5.41, 5.74) is 2.22. The number of nitrogens with zero attached hydrogens (tertiary/aromatic N) is 2. The van der Waals surface area contributed by atoms with Crippen LogP contribution in [0.4, 0.5) is 0 Å². The van der Waals surface area contributed by atoms with E-state index in [2.05, 4.69) is 22.5 Å². The van der Waals surface area contributed by atoms with Gasteiger partial charge in [0, 0.05) is 17.5 Å². The number of carbonyl (C=O) groups is 1. The van der Waals surface area contributed by atoms with Gasteiger partial charge in [-0.3, -0.25) is 4.79 Å². The molecule has 1 aromatic carbocycles. The van der Waals surface area contributed by atoms with Gasteiger partial charge in [0.1, 0.15) is 12.4 Å². The number of ether oxygens (including phenoxy) is 1. The molecule has 2 heterocycles. The molecule has 21 heavy (non-hydrogen) atoms. The van der Waals surface area contributed by atoms with Crippen molar-refractivity contribution in [2.45, 2.75) is 24.5 Å². The molecule has 3 rings (SSSR count). The fourth-order valence-electron chi connectivity index (χ4n) is 2.56. The van der Waals surface area contributed by atoms with Gasteiger partial charge in [0.05, 0.1) is 11.8 Å². The average Bonchev–Trinajstić information content (AvgIpc) is 3.08. The van der Waals surface area contributed by atoms with Crippen LogP contribution in [0.2, 0.25) is 0 Å². The molecule has 0 radical (unpaired) electrons. The first-order chi connectivity index (χ1) is 10.2. The number of aryl methyl sites for hydroxylation is 1. The van der Waals surface area contributed by atoms with Crippen LogP contribution in [0.3, 0.4) is 0 Å². The lowest BCUT2D eigenvalue weighted by molar-refractivity contribution is -0.133. The van der Waals surface area contributed by atoms with Crippen molar-refractivity contribution in [2.75, 3.05) is 12.4 Å². The fraction of sp³-hybridized carbons (Fsp3) is 0.333. The molecule has 0 amide bonds. The molecule has 0 bridgehead atoms. The third-order valence-corrected chi connectivity index (χ3v) is 4.46. The van der Waals surface area contributed by atoms with Crippen molar-refractivity contribution in [1.82, 2.24) is 9.55 Å². The van der Waals surface area contributed by atoms with E-state index in [1.165, 1.54) is 11.8 Å². The summed E-state index contributed by atoms with van der Waals surface area (Å²) in [5, 5.41) is 9.61. The zero-order valence-electron chi connectivity index (χ0n) is 11.7. The van der Waals surface area contributed by atoms with Crippen molar-refractivity contribution in [3.8, 4) is 5.75 Å². The summed E-state index contributed by atoms with van der Waals surface area (Å²) in [6, 6.07) is 8.03. The van der Waals surface area contributed by atoms with E-state index < -0.39 is 5.97 Å². The second-order valence-electron chi connectivity index (χ2n) is 4.80. The minimum atomic E-state index is -0.837. The lowest BCUT2D eigenvalue weighted by Gasteiger charge is -2.17. The number of hydrogen-bond acceptors (Lipinski definition) is 4. The molecule has 5 nitrogen and oxygen atoms in total. The minimum Gasteiger partial charge on any atom is -0.491 e. The van der Waals surface area contributed by atoms with Gasteiger partial charge < -0.3 is 14.4 Å². The standard InChI is InChI=1S/C15H16N2O3S/c1-2-10-7-16-15(21-9-14(18)19)17(10)12-8-20-13-6-4-3-5-11(12)13/h3-7,12H,2,8-9H2,1H3,(H,18,19). The van der Waals surface area contributed by atoms with E-state index in [1.54, 1.807) is 0 Å². The highest BCUT2D eigenvalue weighted by Gasteiger charge is 2.28. The number of thioether (sulfide) groups is 1.